The first-order chi connectivity index (χ1) is 19.1. The largest absolute Gasteiger partial charge is 0.497 e. The number of piperidine rings is 1. The number of likely N-dealkylation sites (tertiary alicyclic amines) is 1. The van der Waals surface area contributed by atoms with Crippen molar-refractivity contribution in [1.29, 1.82) is 0 Å². The lowest BCUT2D eigenvalue weighted by Gasteiger charge is -2.53. The van der Waals surface area contributed by atoms with Crippen LogP contribution in [0.5, 0.6) is 11.5 Å². The van der Waals surface area contributed by atoms with Gasteiger partial charge in [0.1, 0.15) is 29.7 Å². The molecule has 0 unspecified atom stereocenters. The molecular weight excluding hydrogens is 508 g/mol. The zero-order chi connectivity index (χ0) is 28.4. The highest BCUT2D eigenvalue weighted by Crippen LogP contribution is 2.53. The van der Waals surface area contributed by atoms with Crippen LogP contribution in [0.25, 0.3) is 0 Å². The third-order valence-corrected chi connectivity index (χ3v) is 8.52. The molecule has 3 heterocycles. The molecule has 2 aromatic rings. The van der Waals surface area contributed by atoms with Gasteiger partial charge in [0, 0.05) is 36.6 Å². The molecule has 1 N–H and O–H groups in total. The summed E-state index contributed by atoms with van der Waals surface area (Å²) in [4.78, 5) is 28.3. The molecule has 0 aliphatic carbocycles. The van der Waals surface area contributed by atoms with E-state index in [-0.39, 0.29) is 42.5 Å². The number of hydrogen-bond donors (Lipinski definition) is 1. The summed E-state index contributed by atoms with van der Waals surface area (Å²) in [5.41, 5.74) is 1.54. The third kappa shape index (κ3) is 6.07. The van der Waals surface area contributed by atoms with E-state index in [0.717, 1.165) is 35.5 Å². The first kappa shape index (κ1) is 28.3. The number of nitrogens with zero attached hydrogens (tertiary/aromatic N) is 1. The van der Waals surface area contributed by atoms with Gasteiger partial charge in [-0.3, -0.25) is 4.79 Å². The fourth-order valence-corrected chi connectivity index (χ4v) is 6.43. The number of alkyl carbamates (subject to hydrolysis) is 1. The fourth-order valence-electron chi connectivity index (χ4n) is 6.43. The minimum atomic E-state index is -0.631. The van der Waals surface area contributed by atoms with E-state index in [1.807, 2.05) is 47.4 Å². The Morgan fingerprint density at radius 2 is 1.93 bits per heavy atom. The lowest BCUT2D eigenvalue weighted by atomic mass is 9.70. The number of hydrogen-bond acceptors (Lipinski definition) is 6. The van der Waals surface area contributed by atoms with Crippen molar-refractivity contribution in [3.8, 4) is 11.5 Å². The van der Waals surface area contributed by atoms with Gasteiger partial charge in [0.25, 0.3) is 0 Å². The standard InChI is InChI=1S/C32H42N2O6/c1-20(2)15-26(33-31(36)38-19-21-9-7-6-8-10-21)30(35)34-14-13-27-22(18-34)16-25-29(39-27)24-12-11-23(37-5)17-28(24)40-32(25,3)4/h6-12,17,20,22,25-27,29H,13-16,18-19H2,1-5H3,(H,33,36)/t22-,25+,26+,27+,29-/m1/s1. The van der Waals surface area contributed by atoms with Gasteiger partial charge in [-0.1, -0.05) is 44.2 Å². The SMILES string of the molecule is COc1ccc2c(c1)OC(C)(C)[C@H]1C[C@@H]3CN(C(=O)[C@H](CC(C)C)NC(=O)OCc4ccccc4)CC[C@@H]3O[C@H]21. The van der Waals surface area contributed by atoms with E-state index < -0.39 is 17.7 Å². The maximum Gasteiger partial charge on any atom is 0.408 e. The van der Waals surface area contributed by atoms with E-state index in [9.17, 15) is 9.59 Å². The van der Waals surface area contributed by atoms with E-state index in [4.69, 9.17) is 18.9 Å². The molecule has 0 spiro atoms. The number of nitrogens with one attached hydrogen (secondary N) is 1. The molecule has 3 aliphatic rings. The predicted octanol–water partition coefficient (Wildman–Crippen LogP) is 5.50. The monoisotopic (exact) mass is 550 g/mol. The van der Waals surface area contributed by atoms with Gasteiger partial charge >= 0.3 is 6.09 Å². The van der Waals surface area contributed by atoms with Crippen LogP contribution in [0.3, 0.4) is 0 Å². The second kappa shape index (κ2) is 11.7. The zero-order valence-electron chi connectivity index (χ0n) is 24.2. The van der Waals surface area contributed by atoms with Gasteiger partial charge in [-0.2, -0.15) is 0 Å². The number of ether oxygens (including phenoxy) is 4. The topological polar surface area (TPSA) is 86.3 Å². The van der Waals surface area contributed by atoms with Crippen molar-refractivity contribution in [1.82, 2.24) is 10.2 Å². The van der Waals surface area contributed by atoms with Gasteiger partial charge in [0.15, 0.2) is 0 Å². The number of carbonyl (C=O) groups excluding carboxylic acids is 2. The smallest absolute Gasteiger partial charge is 0.408 e. The Kier molecular flexibility index (Phi) is 8.26. The quantitative estimate of drug-likeness (QED) is 0.490. The molecule has 8 heteroatoms. The molecule has 5 atom stereocenters. The Balaban J connectivity index is 1.25. The Bertz CT molecular complexity index is 1200. The van der Waals surface area contributed by atoms with Gasteiger partial charge in [-0.15, -0.1) is 0 Å². The van der Waals surface area contributed by atoms with Crippen LogP contribution in [0, 0.1) is 17.8 Å². The van der Waals surface area contributed by atoms with E-state index in [2.05, 4.69) is 39.1 Å². The minimum Gasteiger partial charge on any atom is -0.497 e. The fraction of sp³-hybridized carbons (Fsp3) is 0.562. The molecule has 0 radical (unpaired) electrons. The highest BCUT2D eigenvalue weighted by molar-refractivity contribution is 5.85. The summed E-state index contributed by atoms with van der Waals surface area (Å²) in [6, 6.07) is 14.8. The van der Waals surface area contributed by atoms with Crippen LogP contribution in [-0.2, 0) is 20.9 Å². The van der Waals surface area contributed by atoms with Crippen molar-refractivity contribution < 1.29 is 28.5 Å². The second-order valence-corrected chi connectivity index (χ2v) is 12.3. The highest BCUT2D eigenvalue weighted by Gasteiger charge is 2.52. The molecule has 2 saturated heterocycles. The average molecular weight is 551 g/mol. The highest BCUT2D eigenvalue weighted by atomic mass is 16.5. The summed E-state index contributed by atoms with van der Waals surface area (Å²) < 4.78 is 24.1. The normalized spacial score (nSPS) is 25.5. The average Bonchev–Trinajstić information content (AvgIpc) is 2.94. The van der Waals surface area contributed by atoms with Crippen LogP contribution in [0.1, 0.15) is 64.2 Å². The zero-order valence-corrected chi connectivity index (χ0v) is 24.2. The molecule has 2 aromatic carbocycles. The summed E-state index contributed by atoms with van der Waals surface area (Å²) in [6.45, 7) is 9.71. The van der Waals surface area contributed by atoms with Crippen LogP contribution >= 0.6 is 0 Å². The van der Waals surface area contributed by atoms with Crippen molar-refractivity contribution in [2.45, 2.75) is 77.4 Å². The summed E-state index contributed by atoms with van der Waals surface area (Å²) in [5, 5.41) is 2.85. The molecular formula is C32H42N2O6. The predicted molar refractivity (Wildman–Crippen MR) is 151 cm³/mol. The number of rotatable bonds is 7. The molecule has 2 amide bonds. The maximum atomic E-state index is 13.7. The van der Waals surface area contributed by atoms with Crippen molar-refractivity contribution in [2.24, 2.45) is 17.8 Å². The first-order valence-electron chi connectivity index (χ1n) is 14.4. The van der Waals surface area contributed by atoms with Crippen LogP contribution in [0.2, 0.25) is 0 Å². The molecule has 0 saturated carbocycles. The Hall–Kier alpha value is -3.26. The number of carbonyl (C=O) groups is 2. The Morgan fingerprint density at radius 1 is 1.15 bits per heavy atom. The number of benzene rings is 2. The Labute approximate surface area is 237 Å². The van der Waals surface area contributed by atoms with E-state index in [0.29, 0.717) is 19.5 Å². The van der Waals surface area contributed by atoms with Crippen LogP contribution in [0.15, 0.2) is 48.5 Å². The van der Waals surface area contributed by atoms with Crippen molar-refractivity contribution >= 4 is 12.0 Å². The first-order valence-corrected chi connectivity index (χ1v) is 14.4. The lowest BCUT2D eigenvalue weighted by molar-refractivity contribution is -0.189. The molecule has 0 bridgehead atoms. The van der Waals surface area contributed by atoms with Crippen molar-refractivity contribution in [3.63, 3.8) is 0 Å². The van der Waals surface area contributed by atoms with Crippen LogP contribution < -0.4 is 14.8 Å². The molecule has 5 rings (SSSR count). The molecule has 8 nitrogen and oxygen atoms in total. The Morgan fingerprint density at radius 3 is 2.65 bits per heavy atom. The van der Waals surface area contributed by atoms with E-state index in [1.54, 1.807) is 7.11 Å². The molecule has 40 heavy (non-hydrogen) atoms. The second-order valence-electron chi connectivity index (χ2n) is 12.3. The van der Waals surface area contributed by atoms with Crippen molar-refractivity contribution in [3.05, 3.63) is 59.7 Å². The van der Waals surface area contributed by atoms with E-state index >= 15 is 0 Å². The maximum absolute atomic E-state index is 13.7. The summed E-state index contributed by atoms with van der Waals surface area (Å²) in [6.07, 6.45) is 1.66. The number of amides is 2. The lowest BCUT2D eigenvalue weighted by Crippen LogP contribution is -2.58. The molecule has 216 valence electrons. The minimum absolute atomic E-state index is 0.0529. The third-order valence-electron chi connectivity index (χ3n) is 8.52. The summed E-state index contributed by atoms with van der Waals surface area (Å²) >= 11 is 0. The molecule has 2 fully saturated rings. The van der Waals surface area contributed by atoms with Gasteiger partial charge in [-0.25, -0.2) is 4.79 Å². The summed E-state index contributed by atoms with van der Waals surface area (Å²) in [7, 11) is 1.66. The molecule has 3 aliphatic heterocycles. The molecule has 0 aromatic heterocycles. The number of methoxy groups -OCH3 is 1. The van der Waals surface area contributed by atoms with Crippen LogP contribution in [0.4, 0.5) is 4.79 Å². The van der Waals surface area contributed by atoms with Gasteiger partial charge < -0.3 is 29.2 Å². The van der Waals surface area contributed by atoms with Gasteiger partial charge in [0.05, 0.1) is 19.3 Å². The van der Waals surface area contributed by atoms with Crippen LogP contribution in [-0.4, -0.2) is 54.8 Å². The van der Waals surface area contributed by atoms with E-state index in [1.165, 1.54) is 0 Å². The van der Waals surface area contributed by atoms with Crippen molar-refractivity contribution in [2.75, 3.05) is 20.2 Å². The number of fused-ring (bicyclic) bond motifs is 4. The van der Waals surface area contributed by atoms with Gasteiger partial charge in [-0.05, 0) is 56.7 Å². The summed E-state index contributed by atoms with van der Waals surface area (Å²) in [5.74, 6) is 2.12. The van der Waals surface area contributed by atoms with Gasteiger partial charge in [0.2, 0.25) is 5.91 Å².